The van der Waals surface area contributed by atoms with Gasteiger partial charge in [0, 0.05) is 27.9 Å². The van der Waals surface area contributed by atoms with Gasteiger partial charge >= 0.3 is 0 Å². The lowest BCUT2D eigenvalue weighted by Crippen LogP contribution is -2.28. The third kappa shape index (κ3) is 5.52. The molecule has 0 aliphatic carbocycles. The fourth-order valence-electron chi connectivity index (χ4n) is 2.48. The van der Waals surface area contributed by atoms with E-state index in [1.54, 1.807) is 19.1 Å². The quantitative estimate of drug-likeness (QED) is 0.651. The summed E-state index contributed by atoms with van der Waals surface area (Å²) in [6.45, 7) is 2.19. The maximum atomic E-state index is 12.3. The van der Waals surface area contributed by atoms with Crippen molar-refractivity contribution < 1.29 is 13.4 Å². The maximum Gasteiger partial charge on any atom is 0.232 e. The Balaban J connectivity index is 1.56. The Bertz CT molecular complexity index is 940. The van der Waals surface area contributed by atoms with E-state index in [0.717, 1.165) is 11.1 Å². The van der Waals surface area contributed by atoms with Gasteiger partial charge in [0.05, 0.1) is 11.4 Å². The molecule has 1 amide bonds. The van der Waals surface area contributed by atoms with E-state index in [1.807, 2.05) is 42.5 Å². The fourth-order valence-corrected chi connectivity index (χ4v) is 3.67. The zero-order chi connectivity index (χ0) is 19.2. The van der Waals surface area contributed by atoms with Crippen molar-refractivity contribution in [3.8, 4) is 11.5 Å². The Labute approximate surface area is 165 Å². The van der Waals surface area contributed by atoms with Crippen molar-refractivity contribution in [2.24, 2.45) is 0 Å². The molecule has 0 saturated heterocycles. The molecule has 2 aromatic carbocycles. The summed E-state index contributed by atoms with van der Waals surface area (Å²) in [6.07, 6.45) is 0. The molecule has 1 N–H and O–H groups in total. The highest BCUT2D eigenvalue weighted by atomic mass is 35.5. The normalized spacial score (nSPS) is 11.9. The molecule has 7 heteroatoms. The highest BCUT2D eigenvalue weighted by Gasteiger charge is 2.16. The van der Waals surface area contributed by atoms with Gasteiger partial charge in [-0.25, -0.2) is 4.98 Å². The average molecular weight is 403 g/mol. The van der Waals surface area contributed by atoms with Gasteiger partial charge in [-0.2, -0.15) is 0 Å². The smallest absolute Gasteiger partial charge is 0.232 e. The summed E-state index contributed by atoms with van der Waals surface area (Å²) in [5.74, 6) is 0.885. The van der Waals surface area contributed by atoms with Crippen LogP contribution in [0.25, 0.3) is 11.5 Å². The van der Waals surface area contributed by atoms with Crippen molar-refractivity contribution >= 4 is 28.3 Å². The lowest BCUT2D eigenvalue weighted by atomic mass is 10.2. The van der Waals surface area contributed by atoms with Gasteiger partial charge in [-0.15, -0.1) is 0 Å². The van der Waals surface area contributed by atoms with Crippen LogP contribution >= 0.6 is 11.6 Å². The Hall–Kier alpha value is -2.44. The zero-order valence-electron chi connectivity index (χ0n) is 14.8. The molecule has 1 atom stereocenters. The van der Waals surface area contributed by atoms with E-state index in [-0.39, 0.29) is 17.4 Å². The van der Waals surface area contributed by atoms with Crippen molar-refractivity contribution in [3.05, 3.63) is 76.6 Å². The van der Waals surface area contributed by atoms with Crippen LogP contribution in [0.1, 0.15) is 17.0 Å². The summed E-state index contributed by atoms with van der Waals surface area (Å²) < 4.78 is 18.0. The number of oxazole rings is 1. The van der Waals surface area contributed by atoms with Gasteiger partial charge in [-0.3, -0.25) is 9.00 Å². The number of carbonyl (C=O) groups excluding carboxylic acids is 1. The molecule has 3 rings (SSSR count). The van der Waals surface area contributed by atoms with Crippen LogP contribution in [0.3, 0.4) is 0 Å². The molecule has 0 saturated carbocycles. The molecule has 1 heterocycles. The maximum absolute atomic E-state index is 12.3. The van der Waals surface area contributed by atoms with Crippen molar-refractivity contribution in [3.63, 3.8) is 0 Å². The molecule has 5 nitrogen and oxygen atoms in total. The van der Waals surface area contributed by atoms with Gasteiger partial charge in [0.25, 0.3) is 0 Å². The molecule has 0 aliphatic rings. The third-order valence-corrected chi connectivity index (χ3v) is 5.34. The second-order valence-electron chi connectivity index (χ2n) is 6.02. The number of benzene rings is 2. The van der Waals surface area contributed by atoms with Crippen LogP contribution in [0.2, 0.25) is 5.02 Å². The number of carbonyl (C=O) groups is 1. The van der Waals surface area contributed by atoms with Crippen molar-refractivity contribution in [1.29, 1.82) is 0 Å². The zero-order valence-corrected chi connectivity index (χ0v) is 16.3. The monoisotopic (exact) mass is 402 g/mol. The highest BCUT2D eigenvalue weighted by molar-refractivity contribution is 7.84. The van der Waals surface area contributed by atoms with Crippen LogP contribution < -0.4 is 5.32 Å². The lowest BCUT2D eigenvalue weighted by molar-refractivity contribution is -0.118. The molecular formula is C20H19ClN2O3S. The van der Waals surface area contributed by atoms with Gasteiger partial charge in [0.1, 0.15) is 11.5 Å². The van der Waals surface area contributed by atoms with E-state index in [4.69, 9.17) is 16.0 Å². The number of aryl methyl sites for hydroxylation is 1. The van der Waals surface area contributed by atoms with Crippen LogP contribution in [-0.4, -0.2) is 20.9 Å². The lowest BCUT2D eigenvalue weighted by Gasteiger charge is -2.05. The largest absolute Gasteiger partial charge is 0.441 e. The van der Waals surface area contributed by atoms with Gasteiger partial charge in [-0.05, 0) is 36.8 Å². The Morgan fingerprint density at radius 2 is 1.85 bits per heavy atom. The first-order valence-electron chi connectivity index (χ1n) is 8.39. The summed E-state index contributed by atoms with van der Waals surface area (Å²) >= 11 is 5.89. The van der Waals surface area contributed by atoms with Crippen LogP contribution in [0.15, 0.2) is 59.0 Å². The molecular weight excluding hydrogens is 384 g/mol. The first-order chi connectivity index (χ1) is 13.0. The summed E-state index contributed by atoms with van der Waals surface area (Å²) in [5.41, 5.74) is 2.38. The van der Waals surface area contributed by atoms with E-state index in [1.165, 1.54) is 0 Å². The number of nitrogens with one attached hydrogen (secondary N) is 1. The predicted molar refractivity (Wildman–Crippen MR) is 107 cm³/mol. The standard InChI is InChI=1S/C20H19ClN2O3S/c1-14-18(23-20(26-14)16-7-9-17(21)10-8-16)12-27(25)13-19(24)22-11-15-5-3-2-4-6-15/h2-10H,11-13H2,1H3,(H,22,24)/t27-/m0/s1. The van der Waals surface area contributed by atoms with Gasteiger partial charge in [-0.1, -0.05) is 41.9 Å². The molecule has 140 valence electrons. The molecule has 0 aliphatic heterocycles. The van der Waals surface area contributed by atoms with Crippen LogP contribution in [0.5, 0.6) is 0 Å². The predicted octanol–water partition coefficient (Wildman–Crippen LogP) is 3.87. The van der Waals surface area contributed by atoms with Crippen molar-refractivity contribution in [2.75, 3.05) is 5.75 Å². The molecule has 27 heavy (non-hydrogen) atoms. The second kappa shape index (κ2) is 8.97. The average Bonchev–Trinajstić information content (AvgIpc) is 3.02. The Kier molecular flexibility index (Phi) is 6.42. The number of rotatable bonds is 7. The number of hydrogen-bond donors (Lipinski definition) is 1. The van der Waals surface area contributed by atoms with Crippen LogP contribution in [0, 0.1) is 6.92 Å². The first-order valence-corrected chi connectivity index (χ1v) is 10.3. The van der Waals surface area contributed by atoms with E-state index < -0.39 is 10.8 Å². The van der Waals surface area contributed by atoms with Crippen molar-refractivity contribution in [2.45, 2.75) is 19.2 Å². The molecule has 3 aromatic rings. The summed E-state index contributed by atoms with van der Waals surface area (Å²) in [7, 11) is -1.37. The second-order valence-corrected chi connectivity index (χ2v) is 7.91. The van der Waals surface area contributed by atoms with E-state index in [2.05, 4.69) is 10.3 Å². The number of nitrogens with zero attached hydrogens (tertiary/aromatic N) is 1. The number of aromatic nitrogens is 1. The number of hydrogen-bond acceptors (Lipinski definition) is 4. The molecule has 0 radical (unpaired) electrons. The summed E-state index contributed by atoms with van der Waals surface area (Å²) in [6, 6.07) is 16.7. The number of amides is 1. The van der Waals surface area contributed by atoms with Crippen LogP contribution in [0.4, 0.5) is 0 Å². The SMILES string of the molecule is Cc1oc(-c2ccc(Cl)cc2)nc1C[S@](=O)CC(=O)NCc1ccccc1. The minimum Gasteiger partial charge on any atom is -0.441 e. The molecule has 0 fully saturated rings. The first kappa shape index (κ1) is 19.3. The van der Waals surface area contributed by atoms with Gasteiger partial charge in [0.15, 0.2) is 0 Å². The van der Waals surface area contributed by atoms with E-state index in [0.29, 0.717) is 28.9 Å². The van der Waals surface area contributed by atoms with Gasteiger partial charge in [0.2, 0.25) is 11.8 Å². The number of halogens is 1. The molecule has 0 unspecified atom stereocenters. The fraction of sp³-hybridized carbons (Fsp3) is 0.200. The Morgan fingerprint density at radius 3 is 2.56 bits per heavy atom. The van der Waals surface area contributed by atoms with E-state index >= 15 is 0 Å². The van der Waals surface area contributed by atoms with Crippen molar-refractivity contribution in [1.82, 2.24) is 10.3 Å². The molecule has 0 spiro atoms. The summed E-state index contributed by atoms with van der Waals surface area (Å²) in [4.78, 5) is 16.4. The highest BCUT2D eigenvalue weighted by Crippen LogP contribution is 2.24. The summed E-state index contributed by atoms with van der Waals surface area (Å²) in [5, 5.41) is 3.41. The minimum atomic E-state index is -1.37. The molecule has 1 aromatic heterocycles. The Morgan fingerprint density at radius 1 is 1.15 bits per heavy atom. The minimum absolute atomic E-state index is 0.0740. The third-order valence-electron chi connectivity index (χ3n) is 3.91. The van der Waals surface area contributed by atoms with Gasteiger partial charge < -0.3 is 9.73 Å². The topological polar surface area (TPSA) is 72.2 Å². The van der Waals surface area contributed by atoms with Crippen LogP contribution in [-0.2, 0) is 27.9 Å². The van der Waals surface area contributed by atoms with E-state index in [9.17, 15) is 9.00 Å². The molecule has 0 bridgehead atoms.